The van der Waals surface area contributed by atoms with Crippen LogP contribution in [-0.2, 0) is 14.4 Å². The molecular formula is C20H29ClN4O3. The summed E-state index contributed by atoms with van der Waals surface area (Å²) in [5, 5.41) is 6.57. The monoisotopic (exact) mass is 408 g/mol. The Bertz CT molecular complexity index is 673. The molecule has 7 nitrogen and oxygen atoms in total. The van der Waals surface area contributed by atoms with Gasteiger partial charge in [-0.3, -0.25) is 19.4 Å². The van der Waals surface area contributed by atoms with Crippen molar-refractivity contribution in [2.75, 3.05) is 0 Å². The van der Waals surface area contributed by atoms with Crippen LogP contribution in [0.5, 0.6) is 0 Å². The van der Waals surface area contributed by atoms with Gasteiger partial charge in [0.1, 0.15) is 0 Å². The summed E-state index contributed by atoms with van der Waals surface area (Å²) in [4.78, 5) is 41.2. The van der Waals surface area contributed by atoms with E-state index in [4.69, 9.17) is 0 Å². The fourth-order valence-corrected chi connectivity index (χ4v) is 3.18. The molecule has 1 atom stereocenters. The predicted octanol–water partition coefficient (Wildman–Crippen LogP) is 2.63. The predicted molar refractivity (Wildman–Crippen MR) is 110 cm³/mol. The van der Waals surface area contributed by atoms with Crippen LogP contribution in [0, 0.1) is 11.8 Å². The van der Waals surface area contributed by atoms with Crippen LogP contribution in [0.1, 0.15) is 58.1 Å². The molecule has 0 spiro atoms. The molecule has 1 fully saturated rings. The van der Waals surface area contributed by atoms with Crippen molar-refractivity contribution in [3.8, 4) is 0 Å². The van der Waals surface area contributed by atoms with Crippen molar-refractivity contribution in [3.05, 3.63) is 30.1 Å². The summed E-state index contributed by atoms with van der Waals surface area (Å²) in [6, 6.07) is 4.46. The maximum Gasteiger partial charge on any atom is 0.309 e. The molecule has 0 bridgehead atoms. The number of pyridine rings is 1. The number of Topliss-reactive ketones (excluding diaryl/α,β-unsaturated/α-hetero) is 1. The molecule has 2 amide bonds. The second-order valence-electron chi connectivity index (χ2n) is 7.34. The number of hydrogen-bond acceptors (Lipinski definition) is 5. The first-order chi connectivity index (χ1) is 13.0. The first-order valence-corrected chi connectivity index (χ1v) is 9.56. The largest absolute Gasteiger partial charge is 0.345 e. The molecule has 0 aliphatic heterocycles. The van der Waals surface area contributed by atoms with Gasteiger partial charge in [0.2, 0.25) is 11.7 Å². The third kappa shape index (κ3) is 7.76. The van der Waals surface area contributed by atoms with E-state index >= 15 is 0 Å². The van der Waals surface area contributed by atoms with Gasteiger partial charge in [-0.05, 0) is 37.3 Å². The highest BCUT2D eigenvalue weighted by atomic mass is 35.5. The number of rotatable bonds is 8. The molecule has 1 saturated carbocycles. The highest BCUT2D eigenvalue weighted by Crippen LogP contribution is 2.24. The maximum atomic E-state index is 12.5. The van der Waals surface area contributed by atoms with Crippen LogP contribution in [-0.4, -0.2) is 34.8 Å². The smallest absolute Gasteiger partial charge is 0.309 e. The number of carbonyl (C=O) groups is 3. The second-order valence-corrected chi connectivity index (χ2v) is 7.34. The summed E-state index contributed by atoms with van der Waals surface area (Å²) in [6.45, 7) is 3.90. The van der Waals surface area contributed by atoms with Crippen LogP contribution in [0.2, 0.25) is 0 Å². The third-order valence-corrected chi connectivity index (χ3v) is 4.59. The number of nitrogens with zero attached hydrogens (tertiary/aromatic N) is 2. The van der Waals surface area contributed by atoms with Gasteiger partial charge in [0, 0.05) is 12.1 Å². The number of amides is 2. The van der Waals surface area contributed by atoms with Gasteiger partial charge in [-0.25, -0.2) is 5.43 Å². The molecule has 1 aromatic heterocycles. The summed E-state index contributed by atoms with van der Waals surface area (Å²) in [5.74, 6) is -1.54. The van der Waals surface area contributed by atoms with Crippen LogP contribution in [0.4, 0.5) is 0 Å². The number of halogens is 1. The Labute approximate surface area is 172 Å². The molecule has 1 aromatic rings. The molecule has 1 aliphatic carbocycles. The summed E-state index contributed by atoms with van der Waals surface area (Å²) < 4.78 is 0. The Morgan fingerprint density at radius 2 is 1.93 bits per heavy atom. The molecular weight excluding hydrogens is 380 g/mol. The van der Waals surface area contributed by atoms with E-state index in [2.05, 4.69) is 20.8 Å². The van der Waals surface area contributed by atoms with Crippen molar-refractivity contribution >= 4 is 36.2 Å². The average molecular weight is 409 g/mol. The minimum Gasteiger partial charge on any atom is -0.345 e. The topological polar surface area (TPSA) is 101 Å². The highest BCUT2D eigenvalue weighted by Gasteiger charge is 2.30. The van der Waals surface area contributed by atoms with Gasteiger partial charge in [0.15, 0.2) is 0 Å². The molecule has 0 aromatic carbocycles. The van der Waals surface area contributed by atoms with Crippen LogP contribution >= 0.6 is 12.4 Å². The Morgan fingerprint density at radius 3 is 2.54 bits per heavy atom. The standard InChI is InChI=1S/C20H28N4O3.ClH/c1-14(2)12-17(23-19(26)15-8-4-3-5-9-15)18(25)20(27)24-22-13-16-10-6-7-11-21-16;/h6-7,10-11,13-15,17H,3-5,8-9,12H2,1-2H3,(H,23,26)(H,24,27);1H. The number of hydrazone groups is 1. The lowest BCUT2D eigenvalue weighted by molar-refractivity contribution is -0.140. The lowest BCUT2D eigenvalue weighted by Gasteiger charge is -2.24. The van der Waals surface area contributed by atoms with Crippen molar-refractivity contribution in [1.29, 1.82) is 0 Å². The Hall–Kier alpha value is -2.28. The zero-order chi connectivity index (χ0) is 19.6. The zero-order valence-electron chi connectivity index (χ0n) is 16.4. The van der Waals surface area contributed by atoms with E-state index in [1.807, 2.05) is 13.8 Å². The molecule has 1 aliphatic rings. The van der Waals surface area contributed by atoms with Crippen molar-refractivity contribution < 1.29 is 14.4 Å². The van der Waals surface area contributed by atoms with Gasteiger partial charge in [-0.2, -0.15) is 5.10 Å². The van der Waals surface area contributed by atoms with Gasteiger partial charge in [0.25, 0.3) is 0 Å². The number of carbonyl (C=O) groups excluding carboxylic acids is 3. The van der Waals surface area contributed by atoms with Crippen LogP contribution < -0.4 is 10.7 Å². The van der Waals surface area contributed by atoms with Crippen LogP contribution in [0.3, 0.4) is 0 Å². The normalized spacial score (nSPS) is 15.7. The molecule has 1 unspecified atom stereocenters. The first-order valence-electron chi connectivity index (χ1n) is 9.56. The fraction of sp³-hybridized carbons (Fsp3) is 0.550. The second kappa shape index (κ2) is 12.2. The molecule has 0 radical (unpaired) electrons. The van der Waals surface area contributed by atoms with E-state index in [0.29, 0.717) is 12.1 Å². The molecule has 2 N–H and O–H groups in total. The number of hydrogen-bond donors (Lipinski definition) is 2. The van der Waals surface area contributed by atoms with E-state index in [1.165, 1.54) is 6.21 Å². The lowest BCUT2D eigenvalue weighted by atomic mass is 9.88. The molecule has 1 heterocycles. The van der Waals surface area contributed by atoms with Crippen molar-refractivity contribution in [1.82, 2.24) is 15.7 Å². The summed E-state index contributed by atoms with van der Waals surface area (Å²) in [6.07, 6.45) is 8.28. The summed E-state index contributed by atoms with van der Waals surface area (Å²) >= 11 is 0. The quantitative estimate of drug-likeness (QED) is 0.392. The van der Waals surface area contributed by atoms with E-state index in [1.54, 1.807) is 24.4 Å². The molecule has 8 heteroatoms. The number of ketones is 1. The van der Waals surface area contributed by atoms with Crippen molar-refractivity contribution in [3.63, 3.8) is 0 Å². The number of nitrogens with one attached hydrogen (secondary N) is 2. The molecule has 28 heavy (non-hydrogen) atoms. The SMILES string of the molecule is CC(C)CC(NC(=O)C1CCCCC1)C(=O)C(=O)NN=Cc1ccccn1.Cl. The summed E-state index contributed by atoms with van der Waals surface area (Å²) in [7, 11) is 0. The van der Waals surface area contributed by atoms with Gasteiger partial charge in [-0.15, -0.1) is 12.4 Å². The first kappa shape index (κ1) is 23.8. The minimum atomic E-state index is -0.836. The van der Waals surface area contributed by atoms with E-state index in [9.17, 15) is 14.4 Å². The molecule has 0 saturated heterocycles. The van der Waals surface area contributed by atoms with Crippen LogP contribution in [0.25, 0.3) is 0 Å². The lowest BCUT2D eigenvalue weighted by Crippen LogP contribution is -2.49. The molecule has 2 rings (SSSR count). The minimum absolute atomic E-state index is 0. The molecule has 154 valence electrons. The van der Waals surface area contributed by atoms with Crippen molar-refractivity contribution in [2.45, 2.75) is 58.4 Å². The van der Waals surface area contributed by atoms with Gasteiger partial charge < -0.3 is 5.32 Å². The fourth-order valence-electron chi connectivity index (χ4n) is 3.18. The van der Waals surface area contributed by atoms with Gasteiger partial charge >= 0.3 is 5.91 Å². The summed E-state index contributed by atoms with van der Waals surface area (Å²) in [5.41, 5.74) is 2.79. The van der Waals surface area contributed by atoms with Crippen LogP contribution in [0.15, 0.2) is 29.5 Å². The Morgan fingerprint density at radius 1 is 1.21 bits per heavy atom. The average Bonchev–Trinajstić information content (AvgIpc) is 2.68. The number of aromatic nitrogens is 1. The highest BCUT2D eigenvalue weighted by molar-refractivity contribution is 6.38. The maximum absolute atomic E-state index is 12.5. The third-order valence-electron chi connectivity index (χ3n) is 4.59. The van der Waals surface area contributed by atoms with Crippen molar-refractivity contribution in [2.24, 2.45) is 16.9 Å². The Kier molecular flexibility index (Phi) is 10.4. The van der Waals surface area contributed by atoms with E-state index in [-0.39, 0.29) is 30.2 Å². The van der Waals surface area contributed by atoms with Gasteiger partial charge in [-0.1, -0.05) is 39.2 Å². The Balaban J connectivity index is 0.00000392. The van der Waals surface area contributed by atoms with Gasteiger partial charge in [0.05, 0.1) is 18.0 Å². The zero-order valence-corrected chi connectivity index (χ0v) is 17.2. The van der Waals surface area contributed by atoms with E-state index in [0.717, 1.165) is 32.1 Å². The van der Waals surface area contributed by atoms with E-state index < -0.39 is 17.7 Å².